The van der Waals surface area contributed by atoms with E-state index in [1.807, 2.05) is 10.6 Å². The molecule has 2 aromatic rings. The Hall–Kier alpha value is -3.46. The van der Waals surface area contributed by atoms with E-state index < -0.39 is 22.8 Å². The van der Waals surface area contributed by atoms with Crippen LogP contribution in [0.3, 0.4) is 0 Å². The predicted molar refractivity (Wildman–Crippen MR) is 85.5 cm³/mol. The third-order valence-electron chi connectivity index (χ3n) is 3.28. The highest BCUT2D eigenvalue weighted by Crippen LogP contribution is 2.31. The van der Waals surface area contributed by atoms with Crippen LogP contribution in [0.1, 0.15) is 5.76 Å². The number of hydrogen-bond acceptors (Lipinski definition) is 6. The number of imide groups is 2. The first-order valence-corrected chi connectivity index (χ1v) is 7.15. The average molecular weight is 362 g/mol. The molecule has 0 spiro atoms. The summed E-state index contributed by atoms with van der Waals surface area (Å²) in [6, 6.07) is 6.23. The van der Waals surface area contributed by atoms with E-state index in [2.05, 4.69) is 0 Å². The zero-order chi connectivity index (χ0) is 18.1. The summed E-state index contributed by atoms with van der Waals surface area (Å²) in [6.45, 7) is 0. The molecule has 10 heteroatoms. The zero-order valence-electron chi connectivity index (χ0n) is 12.2. The maximum atomic E-state index is 11.7. The fourth-order valence-electron chi connectivity index (χ4n) is 2.14. The number of benzene rings is 1. The number of nitro groups is 1. The molecule has 2 N–H and O–H groups in total. The third-order valence-corrected chi connectivity index (χ3v) is 3.60. The van der Waals surface area contributed by atoms with Gasteiger partial charge in [-0.1, -0.05) is 11.6 Å². The van der Waals surface area contributed by atoms with E-state index in [9.17, 15) is 24.5 Å². The molecule has 1 aliphatic heterocycles. The van der Waals surface area contributed by atoms with E-state index in [4.69, 9.17) is 16.0 Å². The lowest BCUT2D eigenvalue weighted by atomic mass is 10.1. The van der Waals surface area contributed by atoms with Crippen LogP contribution in [0.15, 0.2) is 40.3 Å². The lowest BCUT2D eigenvalue weighted by molar-refractivity contribution is -0.384. The van der Waals surface area contributed by atoms with Crippen molar-refractivity contribution >= 4 is 41.2 Å². The van der Waals surface area contributed by atoms with Gasteiger partial charge in [0.15, 0.2) is 0 Å². The quantitative estimate of drug-likeness (QED) is 0.373. The monoisotopic (exact) mass is 361 g/mol. The van der Waals surface area contributed by atoms with Crippen LogP contribution in [-0.4, -0.2) is 22.8 Å². The molecule has 2 heterocycles. The second-order valence-corrected chi connectivity index (χ2v) is 5.33. The van der Waals surface area contributed by atoms with E-state index in [-0.39, 0.29) is 27.8 Å². The Kier molecular flexibility index (Phi) is 4.07. The van der Waals surface area contributed by atoms with Crippen molar-refractivity contribution in [1.82, 2.24) is 10.6 Å². The van der Waals surface area contributed by atoms with Crippen LogP contribution in [-0.2, 0) is 9.59 Å². The molecule has 4 amide bonds. The number of hydrogen-bond donors (Lipinski definition) is 2. The fraction of sp³-hybridized carbons (Fsp3) is 0. The van der Waals surface area contributed by atoms with E-state index in [0.29, 0.717) is 5.56 Å². The topological polar surface area (TPSA) is 132 Å². The number of nitrogens with one attached hydrogen (secondary N) is 2. The van der Waals surface area contributed by atoms with Crippen LogP contribution in [0, 0.1) is 10.1 Å². The molecule has 1 aromatic heterocycles. The number of furan rings is 1. The largest absolute Gasteiger partial charge is 0.457 e. The Balaban J connectivity index is 1.93. The fourth-order valence-corrected chi connectivity index (χ4v) is 2.33. The molecule has 3 rings (SSSR count). The molecule has 0 radical (unpaired) electrons. The summed E-state index contributed by atoms with van der Waals surface area (Å²) in [6.07, 6.45) is 1.16. The van der Waals surface area contributed by atoms with Gasteiger partial charge in [-0.3, -0.25) is 30.3 Å². The molecule has 0 unspecified atom stereocenters. The molecule has 0 atom stereocenters. The first kappa shape index (κ1) is 16.4. The molecular formula is C15H8ClN3O6. The minimum Gasteiger partial charge on any atom is -0.457 e. The number of barbiturate groups is 1. The van der Waals surface area contributed by atoms with Gasteiger partial charge in [0, 0.05) is 11.6 Å². The van der Waals surface area contributed by atoms with Crippen molar-refractivity contribution < 1.29 is 23.7 Å². The van der Waals surface area contributed by atoms with Gasteiger partial charge in [-0.2, -0.15) is 0 Å². The van der Waals surface area contributed by atoms with Crippen molar-refractivity contribution in [2.45, 2.75) is 0 Å². The molecule has 0 bridgehead atoms. The minimum absolute atomic E-state index is 0.0112. The van der Waals surface area contributed by atoms with Gasteiger partial charge in [-0.25, -0.2) is 4.79 Å². The smallest absolute Gasteiger partial charge is 0.328 e. The molecule has 126 valence electrons. The zero-order valence-corrected chi connectivity index (χ0v) is 13.0. The highest BCUT2D eigenvalue weighted by Gasteiger charge is 2.28. The summed E-state index contributed by atoms with van der Waals surface area (Å²) in [5, 5.41) is 14.8. The van der Waals surface area contributed by atoms with Crippen LogP contribution >= 0.6 is 11.6 Å². The van der Waals surface area contributed by atoms with E-state index in [1.165, 1.54) is 30.3 Å². The summed E-state index contributed by atoms with van der Waals surface area (Å²) in [4.78, 5) is 44.6. The van der Waals surface area contributed by atoms with Gasteiger partial charge < -0.3 is 4.42 Å². The van der Waals surface area contributed by atoms with Gasteiger partial charge >= 0.3 is 6.03 Å². The Bertz CT molecular complexity index is 940. The number of halogens is 1. The van der Waals surface area contributed by atoms with Gasteiger partial charge in [0.2, 0.25) is 0 Å². The summed E-state index contributed by atoms with van der Waals surface area (Å²) >= 11 is 5.76. The predicted octanol–water partition coefficient (Wildman–Crippen LogP) is 2.26. The maximum Gasteiger partial charge on any atom is 0.328 e. The lowest BCUT2D eigenvalue weighted by Gasteiger charge is -2.13. The Morgan fingerprint density at radius 2 is 1.76 bits per heavy atom. The van der Waals surface area contributed by atoms with Crippen LogP contribution in [0.5, 0.6) is 0 Å². The van der Waals surface area contributed by atoms with Crippen LogP contribution in [0.2, 0.25) is 5.02 Å². The molecule has 0 aliphatic carbocycles. The van der Waals surface area contributed by atoms with Gasteiger partial charge in [0.05, 0.1) is 4.92 Å². The Morgan fingerprint density at radius 3 is 2.40 bits per heavy atom. The minimum atomic E-state index is -0.902. The SMILES string of the molecule is O=C1NC(=O)C(=Cc2ccc(-c3ccc(Cl)c([N+](=O)[O-])c3)o2)C(=O)N1. The van der Waals surface area contributed by atoms with Gasteiger partial charge in [-0.15, -0.1) is 0 Å². The standard InChI is InChI=1S/C15H8ClN3O6/c16-10-3-1-7(5-11(10)19(23)24)12-4-2-8(25-12)6-9-13(20)17-15(22)18-14(9)21/h1-6H,(H2,17,18,20,21,22). The number of rotatable bonds is 3. The number of amides is 4. The first-order valence-electron chi connectivity index (χ1n) is 6.77. The van der Waals surface area contributed by atoms with Crippen molar-refractivity contribution in [3.8, 4) is 11.3 Å². The van der Waals surface area contributed by atoms with Crippen LogP contribution < -0.4 is 10.6 Å². The molecule has 1 aliphatic rings. The number of nitro benzene ring substituents is 1. The Morgan fingerprint density at radius 1 is 1.08 bits per heavy atom. The molecule has 9 nitrogen and oxygen atoms in total. The van der Waals surface area contributed by atoms with Crippen LogP contribution in [0.4, 0.5) is 10.5 Å². The Labute approximate surface area is 144 Å². The summed E-state index contributed by atoms with van der Waals surface area (Å²) in [5.41, 5.74) is -0.184. The first-order chi connectivity index (χ1) is 11.8. The maximum absolute atomic E-state index is 11.7. The van der Waals surface area contributed by atoms with Gasteiger partial charge in [0.25, 0.3) is 17.5 Å². The second kappa shape index (κ2) is 6.21. The van der Waals surface area contributed by atoms with Crippen molar-refractivity contribution in [2.24, 2.45) is 0 Å². The van der Waals surface area contributed by atoms with Gasteiger partial charge in [-0.05, 0) is 30.3 Å². The third kappa shape index (κ3) is 3.26. The van der Waals surface area contributed by atoms with Crippen molar-refractivity contribution in [2.75, 3.05) is 0 Å². The molecular weight excluding hydrogens is 354 g/mol. The molecule has 1 fully saturated rings. The molecule has 1 aromatic carbocycles. The molecule has 0 saturated carbocycles. The summed E-state index contributed by atoms with van der Waals surface area (Å²) in [7, 11) is 0. The van der Waals surface area contributed by atoms with Gasteiger partial charge in [0.1, 0.15) is 22.1 Å². The number of urea groups is 1. The molecule has 25 heavy (non-hydrogen) atoms. The summed E-state index contributed by atoms with van der Waals surface area (Å²) in [5.74, 6) is -1.27. The van der Waals surface area contributed by atoms with Crippen LogP contribution in [0.25, 0.3) is 17.4 Å². The van der Waals surface area contributed by atoms with E-state index in [0.717, 1.165) is 6.08 Å². The summed E-state index contributed by atoms with van der Waals surface area (Å²) < 4.78 is 5.48. The molecule has 1 saturated heterocycles. The average Bonchev–Trinajstić information content (AvgIpc) is 2.99. The normalized spacial score (nSPS) is 14.1. The lowest BCUT2D eigenvalue weighted by Crippen LogP contribution is -2.51. The van der Waals surface area contributed by atoms with E-state index in [1.54, 1.807) is 0 Å². The van der Waals surface area contributed by atoms with Crippen molar-refractivity contribution in [1.29, 1.82) is 0 Å². The van der Waals surface area contributed by atoms with E-state index >= 15 is 0 Å². The van der Waals surface area contributed by atoms with Crippen molar-refractivity contribution in [3.05, 3.63) is 56.8 Å². The second-order valence-electron chi connectivity index (χ2n) is 4.92. The van der Waals surface area contributed by atoms with Crippen molar-refractivity contribution in [3.63, 3.8) is 0 Å². The highest BCUT2D eigenvalue weighted by molar-refractivity contribution is 6.32. The number of carbonyl (C=O) groups excluding carboxylic acids is 3. The highest BCUT2D eigenvalue weighted by atomic mass is 35.5. The number of nitrogens with zero attached hydrogens (tertiary/aromatic N) is 1. The number of carbonyl (C=O) groups is 3.